The van der Waals surface area contributed by atoms with Crippen molar-refractivity contribution in [3.63, 3.8) is 0 Å². The third-order valence-electron chi connectivity index (χ3n) is 2.61. The Hall–Kier alpha value is -0.150. The molecule has 1 heterocycles. The highest BCUT2D eigenvalue weighted by Crippen LogP contribution is 2.32. The summed E-state index contributed by atoms with van der Waals surface area (Å²) >= 11 is 5.41. The largest absolute Gasteiger partial charge is 0.363 e. The molecular formula is C9H16N2S. The Labute approximate surface area is 79.3 Å². The van der Waals surface area contributed by atoms with Crippen molar-refractivity contribution in [3.05, 3.63) is 0 Å². The van der Waals surface area contributed by atoms with Crippen LogP contribution >= 0.6 is 12.2 Å². The Balaban J connectivity index is 1.89. The van der Waals surface area contributed by atoms with Gasteiger partial charge in [0.1, 0.15) is 0 Å². The van der Waals surface area contributed by atoms with Gasteiger partial charge in [0.15, 0.2) is 0 Å². The summed E-state index contributed by atoms with van der Waals surface area (Å²) in [6.45, 7) is 5.53. The smallest absolute Gasteiger partial charge is 0.0811 e. The van der Waals surface area contributed by atoms with Crippen LogP contribution in [0, 0.1) is 5.92 Å². The number of piperazine rings is 1. The van der Waals surface area contributed by atoms with E-state index in [9.17, 15) is 0 Å². The van der Waals surface area contributed by atoms with Gasteiger partial charge in [-0.3, -0.25) is 0 Å². The highest BCUT2D eigenvalue weighted by Gasteiger charge is 2.31. The highest BCUT2D eigenvalue weighted by molar-refractivity contribution is 7.80. The Morgan fingerprint density at radius 1 is 1.50 bits per heavy atom. The van der Waals surface area contributed by atoms with Gasteiger partial charge >= 0.3 is 0 Å². The Morgan fingerprint density at radius 3 is 2.83 bits per heavy atom. The molecule has 12 heavy (non-hydrogen) atoms. The fourth-order valence-electron chi connectivity index (χ4n) is 1.72. The molecule has 1 saturated carbocycles. The summed E-state index contributed by atoms with van der Waals surface area (Å²) in [5.41, 5.74) is 0. The van der Waals surface area contributed by atoms with E-state index in [-0.39, 0.29) is 0 Å². The molecule has 2 rings (SSSR count). The van der Waals surface area contributed by atoms with E-state index >= 15 is 0 Å². The van der Waals surface area contributed by atoms with Crippen molar-refractivity contribution in [1.29, 1.82) is 0 Å². The molecule has 0 aromatic heterocycles. The second kappa shape index (κ2) is 3.30. The first kappa shape index (κ1) is 8.45. The van der Waals surface area contributed by atoms with Gasteiger partial charge in [-0.15, -0.1) is 0 Å². The molecule has 0 unspecified atom stereocenters. The molecule has 0 spiro atoms. The van der Waals surface area contributed by atoms with Crippen molar-refractivity contribution in [2.75, 3.05) is 19.6 Å². The van der Waals surface area contributed by atoms with Crippen molar-refractivity contribution in [2.24, 2.45) is 5.92 Å². The summed E-state index contributed by atoms with van der Waals surface area (Å²) in [6.07, 6.45) is 2.66. The van der Waals surface area contributed by atoms with Crippen LogP contribution in [0.4, 0.5) is 0 Å². The number of thiocarbonyl (C=S) groups is 1. The summed E-state index contributed by atoms with van der Waals surface area (Å²) < 4.78 is 0. The molecular weight excluding hydrogens is 168 g/mol. The van der Waals surface area contributed by atoms with Gasteiger partial charge in [0.2, 0.25) is 0 Å². The van der Waals surface area contributed by atoms with Crippen LogP contribution in [0.5, 0.6) is 0 Å². The summed E-state index contributed by atoms with van der Waals surface area (Å²) in [6, 6.07) is 0.607. The minimum atomic E-state index is 0.607. The van der Waals surface area contributed by atoms with E-state index < -0.39 is 0 Å². The second-order valence-corrected chi connectivity index (χ2v) is 4.33. The van der Waals surface area contributed by atoms with Crippen LogP contribution in [0.25, 0.3) is 0 Å². The SMILES string of the molecule is C[C@@H]1CN(C(=S)C2CC2)CCN1. The Bertz CT molecular complexity index is 189. The first-order valence-corrected chi connectivity index (χ1v) is 5.20. The lowest BCUT2D eigenvalue weighted by Crippen LogP contribution is -2.51. The number of nitrogens with one attached hydrogen (secondary N) is 1. The molecule has 0 amide bonds. The van der Waals surface area contributed by atoms with Crippen molar-refractivity contribution >= 4 is 17.2 Å². The normalized spacial score (nSPS) is 30.4. The van der Waals surface area contributed by atoms with Crippen LogP contribution in [0.2, 0.25) is 0 Å². The minimum absolute atomic E-state index is 0.607. The predicted octanol–water partition coefficient (Wildman–Crippen LogP) is 1.02. The van der Waals surface area contributed by atoms with Crippen LogP contribution in [0.1, 0.15) is 19.8 Å². The fourth-order valence-corrected chi connectivity index (χ4v) is 2.12. The molecule has 68 valence electrons. The van der Waals surface area contributed by atoms with Crippen LogP contribution in [-0.2, 0) is 0 Å². The van der Waals surface area contributed by atoms with E-state index in [0.717, 1.165) is 25.6 Å². The molecule has 0 aromatic rings. The first-order valence-electron chi connectivity index (χ1n) is 4.79. The number of rotatable bonds is 1. The zero-order valence-electron chi connectivity index (χ0n) is 7.55. The molecule has 1 saturated heterocycles. The quantitative estimate of drug-likeness (QED) is 0.613. The Kier molecular flexibility index (Phi) is 2.33. The minimum Gasteiger partial charge on any atom is -0.363 e. The lowest BCUT2D eigenvalue weighted by Gasteiger charge is -2.33. The van der Waals surface area contributed by atoms with Gasteiger partial charge in [-0.25, -0.2) is 0 Å². The maximum Gasteiger partial charge on any atom is 0.0811 e. The van der Waals surface area contributed by atoms with E-state index in [4.69, 9.17) is 12.2 Å². The van der Waals surface area contributed by atoms with E-state index in [1.54, 1.807) is 0 Å². The highest BCUT2D eigenvalue weighted by atomic mass is 32.1. The molecule has 1 aliphatic carbocycles. The van der Waals surface area contributed by atoms with Crippen LogP contribution < -0.4 is 5.32 Å². The first-order chi connectivity index (χ1) is 5.77. The van der Waals surface area contributed by atoms with Crippen molar-refractivity contribution in [3.8, 4) is 0 Å². The van der Waals surface area contributed by atoms with Crippen LogP contribution in [-0.4, -0.2) is 35.6 Å². The van der Waals surface area contributed by atoms with Gasteiger partial charge < -0.3 is 10.2 Å². The van der Waals surface area contributed by atoms with E-state index in [0.29, 0.717) is 6.04 Å². The van der Waals surface area contributed by atoms with E-state index in [1.807, 2.05) is 0 Å². The summed E-state index contributed by atoms with van der Waals surface area (Å²) in [5, 5.41) is 3.42. The molecule has 2 aliphatic rings. The summed E-state index contributed by atoms with van der Waals surface area (Å²) in [7, 11) is 0. The van der Waals surface area contributed by atoms with E-state index in [2.05, 4.69) is 17.1 Å². The van der Waals surface area contributed by atoms with Crippen LogP contribution in [0.15, 0.2) is 0 Å². The average Bonchev–Trinajstić information content (AvgIpc) is 2.85. The zero-order chi connectivity index (χ0) is 8.55. The lowest BCUT2D eigenvalue weighted by atomic mass is 10.2. The van der Waals surface area contributed by atoms with E-state index in [1.165, 1.54) is 17.8 Å². The molecule has 0 aromatic carbocycles. The van der Waals surface area contributed by atoms with Gasteiger partial charge in [-0.05, 0) is 19.8 Å². The molecule has 0 radical (unpaired) electrons. The monoisotopic (exact) mass is 184 g/mol. The molecule has 1 N–H and O–H groups in total. The molecule has 2 fully saturated rings. The van der Waals surface area contributed by atoms with Gasteiger partial charge in [0.05, 0.1) is 4.99 Å². The second-order valence-electron chi connectivity index (χ2n) is 3.91. The molecule has 1 atom stereocenters. The lowest BCUT2D eigenvalue weighted by molar-refractivity contribution is 0.302. The zero-order valence-corrected chi connectivity index (χ0v) is 8.36. The van der Waals surface area contributed by atoms with Gasteiger partial charge in [-0.2, -0.15) is 0 Å². The van der Waals surface area contributed by atoms with Gasteiger partial charge in [0, 0.05) is 31.6 Å². The van der Waals surface area contributed by atoms with Crippen molar-refractivity contribution in [1.82, 2.24) is 10.2 Å². The third-order valence-corrected chi connectivity index (χ3v) is 3.20. The Morgan fingerprint density at radius 2 is 2.25 bits per heavy atom. The average molecular weight is 184 g/mol. The molecule has 3 heteroatoms. The van der Waals surface area contributed by atoms with Crippen molar-refractivity contribution < 1.29 is 0 Å². The number of hydrogen-bond donors (Lipinski definition) is 1. The maximum atomic E-state index is 5.41. The summed E-state index contributed by atoms with van der Waals surface area (Å²) in [5.74, 6) is 0.755. The van der Waals surface area contributed by atoms with Gasteiger partial charge in [0.25, 0.3) is 0 Å². The third kappa shape index (κ3) is 1.77. The number of hydrogen-bond acceptors (Lipinski definition) is 2. The maximum absolute atomic E-state index is 5.41. The van der Waals surface area contributed by atoms with Gasteiger partial charge in [-0.1, -0.05) is 12.2 Å². The van der Waals surface area contributed by atoms with Crippen molar-refractivity contribution in [2.45, 2.75) is 25.8 Å². The number of nitrogens with zero attached hydrogens (tertiary/aromatic N) is 1. The fraction of sp³-hybridized carbons (Fsp3) is 0.889. The van der Waals surface area contributed by atoms with Crippen LogP contribution in [0.3, 0.4) is 0 Å². The molecule has 1 aliphatic heterocycles. The molecule has 0 bridgehead atoms. The summed E-state index contributed by atoms with van der Waals surface area (Å²) in [4.78, 5) is 3.61. The predicted molar refractivity (Wildman–Crippen MR) is 54.4 cm³/mol. The molecule has 2 nitrogen and oxygen atoms in total. The topological polar surface area (TPSA) is 15.3 Å². The standard InChI is InChI=1S/C9H16N2S/c1-7-6-11(5-4-10-7)9(12)8-2-3-8/h7-8,10H,2-6H2,1H3/t7-/m1/s1.